The van der Waals surface area contributed by atoms with Gasteiger partial charge in [0, 0.05) is 32.4 Å². The van der Waals surface area contributed by atoms with Crippen LogP contribution in [0.2, 0.25) is 0 Å². The number of pyridine rings is 1. The normalized spacial score (nSPS) is 26.8. The van der Waals surface area contributed by atoms with Crippen molar-refractivity contribution in [2.45, 2.75) is 57.9 Å². The Kier molecular flexibility index (Phi) is 6.57. The van der Waals surface area contributed by atoms with E-state index in [1.54, 1.807) is 6.20 Å². The van der Waals surface area contributed by atoms with Crippen LogP contribution in [0.3, 0.4) is 0 Å². The summed E-state index contributed by atoms with van der Waals surface area (Å²) in [6, 6.07) is 3.28. The van der Waals surface area contributed by atoms with E-state index in [-0.39, 0.29) is 18.1 Å². The molecule has 1 aromatic heterocycles. The van der Waals surface area contributed by atoms with Gasteiger partial charge >= 0.3 is 0 Å². The smallest absolute Gasteiger partial charge is 0.238 e. The number of hydrogen-bond donors (Lipinski definition) is 1. The Morgan fingerprint density at radius 2 is 1.96 bits per heavy atom. The molecule has 156 valence electrons. The summed E-state index contributed by atoms with van der Waals surface area (Å²) in [6.45, 7) is 6.45. The number of rotatable bonds is 5. The predicted molar refractivity (Wildman–Crippen MR) is 107 cm³/mol. The Morgan fingerprint density at radius 3 is 2.57 bits per heavy atom. The summed E-state index contributed by atoms with van der Waals surface area (Å²) in [6.07, 6.45) is 5.46. The standard InChI is InChI=1S/C19H30N4O4S/c1-14-12-22(13-15(2)27-14)18-8-7-16(10-20-18)11-21-19(24)17-6-4-5-9-23(17)28(3,25)26/h7-8,10,14-15,17H,4-6,9,11-13H2,1-3H3,(H,21,24). The van der Waals surface area contributed by atoms with Crippen LogP contribution in [0.15, 0.2) is 18.3 Å². The lowest BCUT2D eigenvalue weighted by Crippen LogP contribution is -2.51. The van der Waals surface area contributed by atoms with Gasteiger partial charge in [-0.3, -0.25) is 4.79 Å². The average molecular weight is 411 g/mol. The van der Waals surface area contributed by atoms with Crippen molar-refractivity contribution >= 4 is 21.7 Å². The van der Waals surface area contributed by atoms with Gasteiger partial charge < -0.3 is 15.0 Å². The van der Waals surface area contributed by atoms with Gasteiger partial charge in [0.05, 0.1) is 18.5 Å². The molecule has 0 aliphatic carbocycles. The number of sulfonamides is 1. The maximum absolute atomic E-state index is 12.6. The molecule has 28 heavy (non-hydrogen) atoms. The van der Waals surface area contributed by atoms with Gasteiger partial charge in [0.25, 0.3) is 0 Å². The highest BCUT2D eigenvalue weighted by molar-refractivity contribution is 7.88. The third-order valence-corrected chi connectivity index (χ3v) is 6.49. The number of morpholine rings is 1. The fourth-order valence-electron chi connectivity index (χ4n) is 3.94. The molecule has 1 amide bonds. The van der Waals surface area contributed by atoms with Crippen LogP contribution in [0.25, 0.3) is 0 Å². The van der Waals surface area contributed by atoms with Crippen LogP contribution in [0.4, 0.5) is 5.82 Å². The van der Waals surface area contributed by atoms with E-state index in [0.29, 0.717) is 19.5 Å². The maximum atomic E-state index is 12.6. The van der Waals surface area contributed by atoms with Gasteiger partial charge in [0.1, 0.15) is 11.9 Å². The molecule has 0 bridgehead atoms. The van der Waals surface area contributed by atoms with Crippen molar-refractivity contribution in [1.29, 1.82) is 0 Å². The number of carbonyl (C=O) groups is 1. The van der Waals surface area contributed by atoms with Gasteiger partial charge in [-0.2, -0.15) is 4.31 Å². The number of nitrogens with one attached hydrogen (secondary N) is 1. The molecule has 9 heteroatoms. The summed E-state index contributed by atoms with van der Waals surface area (Å²) in [5.41, 5.74) is 0.883. The van der Waals surface area contributed by atoms with Gasteiger partial charge in [-0.05, 0) is 38.3 Å². The van der Waals surface area contributed by atoms with Crippen molar-refractivity contribution in [3.63, 3.8) is 0 Å². The topological polar surface area (TPSA) is 91.8 Å². The molecule has 2 fully saturated rings. The first-order valence-corrected chi connectivity index (χ1v) is 11.7. The molecule has 3 rings (SSSR count). The second-order valence-corrected chi connectivity index (χ2v) is 9.73. The van der Waals surface area contributed by atoms with E-state index in [1.807, 2.05) is 12.1 Å². The first-order chi connectivity index (χ1) is 13.2. The van der Waals surface area contributed by atoms with E-state index in [4.69, 9.17) is 4.74 Å². The molecule has 3 atom stereocenters. The molecular weight excluding hydrogens is 380 g/mol. The van der Waals surface area contributed by atoms with Crippen molar-refractivity contribution < 1.29 is 17.9 Å². The van der Waals surface area contributed by atoms with Crippen molar-refractivity contribution in [3.8, 4) is 0 Å². The van der Waals surface area contributed by atoms with E-state index in [9.17, 15) is 13.2 Å². The summed E-state index contributed by atoms with van der Waals surface area (Å²) in [7, 11) is -3.39. The predicted octanol–water partition coefficient (Wildman–Crippen LogP) is 1.13. The van der Waals surface area contributed by atoms with Crippen LogP contribution < -0.4 is 10.2 Å². The summed E-state index contributed by atoms with van der Waals surface area (Å²) < 4.78 is 30.9. The average Bonchev–Trinajstić information content (AvgIpc) is 2.65. The summed E-state index contributed by atoms with van der Waals surface area (Å²) >= 11 is 0. The number of piperidine rings is 1. The second-order valence-electron chi connectivity index (χ2n) is 7.79. The lowest BCUT2D eigenvalue weighted by molar-refractivity contribution is -0.125. The highest BCUT2D eigenvalue weighted by Gasteiger charge is 2.34. The molecule has 0 aromatic carbocycles. The van der Waals surface area contributed by atoms with Gasteiger partial charge in [-0.15, -0.1) is 0 Å². The zero-order valence-corrected chi connectivity index (χ0v) is 17.6. The van der Waals surface area contributed by atoms with Gasteiger partial charge in [0.2, 0.25) is 15.9 Å². The SMILES string of the molecule is CC1CN(c2ccc(CNC(=O)C3CCCCN3S(C)(=O)=O)cn2)CC(C)O1. The molecule has 3 unspecified atom stereocenters. The largest absolute Gasteiger partial charge is 0.372 e. The third kappa shape index (κ3) is 5.21. The van der Waals surface area contributed by atoms with Crippen LogP contribution in [-0.2, 0) is 26.1 Å². The summed E-state index contributed by atoms with van der Waals surface area (Å²) in [5, 5.41) is 2.87. The number of nitrogens with zero attached hydrogens (tertiary/aromatic N) is 3. The van der Waals surface area contributed by atoms with Crippen molar-refractivity contribution in [3.05, 3.63) is 23.9 Å². The molecule has 0 radical (unpaired) electrons. The molecule has 8 nitrogen and oxygen atoms in total. The Morgan fingerprint density at radius 1 is 1.25 bits per heavy atom. The van der Waals surface area contributed by atoms with Crippen molar-refractivity contribution in [2.24, 2.45) is 0 Å². The highest BCUT2D eigenvalue weighted by atomic mass is 32.2. The fraction of sp³-hybridized carbons (Fsp3) is 0.684. The zero-order valence-electron chi connectivity index (χ0n) is 16.8. The Labute approximate surface area is 167 Å². The molecule has 2 aliphatic rings. The van der Waals surface area contributed by atoms with E-state index >= 15 is 0 Å². The number of ether oxygens (including phenoxy) is 1. The van der Waals surface area contributed by atoms with Crippen molar-refractivity contribution in [1.82, 2.24) is 14.6 Å². The Bertz CT molecular complexity index is 774. The lowest BCUT2D eigenvalue weighted by atomic mass is 10.0. The molecule has 1 aromatic rings. The van der Waals surface area contributed by atoms with Gasteiger partial charge in [-0.25, -0.2) is 13.4 Å². The monoisotopic (exact) mass is 410 g/mol. The van der Waals surface area contributed by atoms with Crippen LogP contribution in [0, 0.1) is 0 Å². The first kappa shape index (κ1) is 21.0. The van der Waals surface area contributed by atoms with E-state index in [1.165, 1.54) is 4.31 Å². The molecule has 2 aliphatic heterocycles. The maximum Gasteiger partial charge on any atom is 0.238 e. The minimum absolute atomic E-state index is 0.165. The number of aromatic nitrogens is 1. The van der Waals surface area contributed by atoms with Crippen LogP contribution >= 0.6 is 0 Å². The molecule has 3 heterocycles. The summed E-state index contributed by atoms with van der Waals surface area (Å²) in [4.78, 5) is 19.3. The van der Waals surface area contributed by atoms with E-state index < -0.39 is 16.1 Å². The molecule has 0 spiro atoms. The molecular formula is C19H30N4O4S. The van der Waals surface area contributed by atoms with Gasteiger partial charge in [0.15, 0.2) is 0 Å². The number of anilines is 1. The summed E-state index contributed by atoms with van der Waals surface area (Å²) in [5.74, 6) is 0.651. The lowest BCUT2D eigenvalue weighted by Gasteiger charge is -2.36. The minimum Gasteiger partial charge on any atom is -0.372 e. The molecule has 1 N–H and O–H groups in total. The number of carbonyl (C=O) groups excluding carboxylic acids is 1. The van der Waals surface area contributed by atoms with E-state index in [0.717, 1.165) is 43.6 Å². The first-order valence-electron chi connectivity index (χ1n) is 9.84. The van der Waals surface area contributed by atoms with E-state index in [2.05, 4.69) is 29.0 Å². The van der Waals surface area contributed by atoms with Crippen LogP contribution in [-0.4, -0.2) is 67.8 Å². The van der Waals surface area contributed by atoms with Gasteiger partial charge in [-0.1, -0.05) is 12.5 Å². The molecule has 0 saturated carbocycles. The Balaban J connectivity index is 1.58. The van der Waals surface area contributed by atoms with Crippen molar-refractivity contribution in [2.75, 3.05) is 30.8 Å². The fourth-order valence-corrected chi connectivity index (χ4v) is 5.07. The quantitative estimate of drug-likeness (QED) is 0.782. The number of amides is 1. The van der Waals surface area contributed by atoms with Crippen LogP contribution in [0.1, 0.15) is 38.7 Å². The molecule has 2 saturated heterocycles. The second kappa shape index (κ2) is 8.75. The zero-order chi connectivity index (χ0) is 20.3. The van der Waals surface area contributed by atoms with Crippen LogP contribution in [0.5, 0.6) is 0 Å². The number of hydrogen-bond acceptors (Lipinski definition) is 6. The highest BCUT2D eigenvalue weighted by Crippen LogP contribution is 2.21. The third-order valence-electron chi connectivity index (χ3n) is 5.20. The Hall–Kier alpha value is -1.71. The minimum atomic E-state index is -3.39.